The van der Waals surface area contributed by atoms with Gasteiger partial charge in [0, 0.05) is 23.1 Å². The second kappa shape index (κ2) is 9.16. The van der Waals surface area contributed by atoms with E-state index in [0.29, 0.717) is 18.0 Å². The molecule has 0 aromatic heterocycles. The lowest BCUT2D eigenvalue weighted by molar-refractivity contribution is -0.116. The minimum Gasteiger partial charge on any atom is -0.494 e. The maximum Gasteiger partial charge on any atom is 0.240 e. The molecule has 140 valence electrons. The number of benzene rings is 2. The molecule has 0 saturated heterocycles. The van der Waals surface area contributed by atoms with Crippen LogP contribution in [-0.4, -0.2) is 27.5 Å². The zero-order chi connectivity index (χ0) is 19.2. The summed E-state index contributed by atoms with van der Waals surface area (Å²) >= 11 is 3.40. The Kier molecular flexibility index (Phi) is 7.19. The number of halogens is 1. The number of anilines is 1. The molecule has 2 aromatic carbocycles. The normalized spacial score (nSPS) is 11.2. The van der Waals surface area contributed by atoms with Gasteiger partial charge in [-0.2, -0.15) is 0 Å². The van der Waals surface area contributed by atoms with Gasteiger partial charge in [-0.15, -0.1) is 0 Å². The Morgan fingerprint density at radius 1 is 1.15 bits per heavy atom. The standard InChI is InChI=1S/C18H21BrN2O4S/c1-3-25-15-5-7-16(8-6-15)26(23,24)20-11-10-18(22)21-14-4-9-17(19)13(2)12-14/h4-9,12,20H,3,10-11H2,1-2H3,(H,21,22). The van der Waals surface area contributed by atoms with Crippen LogP contribution in [0, 0.1) is 6.92 Å². The lowest BCUT2D eigenvalue weighted by Gasteiger charge is -2.09. The first-order valence-electron chi connectivity index (χ1n) is 8.10. The van der Waals surface area contributed by atoms with Crippen molar-refractivity contribution in [3.63, 3.8) is 0 Å². The summed E-state index contributed by atoms with van der Waals surface area (Å²) in [4.78, 5) is 12.1. The number of sulfonamides is 1. The fourth-order valence-electron chi connectivity index (χ4n) is 2.21. The quantitative estimate of drug-likeness (QED) is 0.657. The second-order valence-corrected chi connectivity index (χ2v) is 8.19. The summed E-state index contributed by atoms with van der Waals surface area (Å²) in [7, 11) is -3.66. The molecule has 0 saturated carbocycles. The molecule has 0 spiro atoms. The molecule has 0 aliphatic rings. The molecule has 0 aliphatic carbocycles. The number of aryl methyl sites for hydroxylation is 1. The minimum atomic E-state index is -3.66. The zero-order valence-electron chi connectivity index (χ0n) is 14.6. The van der Waals surface area contributed by atoms with E-state index in [1.54, 1.807) is 18.2 Å². The third-order valence-electron chi connectivity index (χ3n) is 3.53. The van der Waals surface area contributed by atoms with E-state index in [-0.39, 0.29) is 23.8 Å². The smallest absolute Gasteiger partial charge is 0.240 e. The number of rotatable bonds is 8. The molecule has 6 nitrogen and oxygen atoms in total. The molecule has 0 fully saturated rings. The summed E-state index contributed by atoms with van der Waals surface area (Å²) in [6.07, 6.45) is 0.0331. The predicted octanol–water partition coefficient (Wildman–Crippen LogP) is 3.46. The summed E-state index contributed by atoms with van der Waals surface area (Å²) in [5.74, 6) is 0.344. The summed E-state index contributed by atoms with van der Waals surface area (Å²) in [6.45, 7) is 4.30. The summed E-state index contributed by atoms with van der Waals surface area (Å²) in [6, 6.07) is 11.6. The molecular weight excluding hydrogens is 420 g/mol. The molecule has 0 radical (unpaired) electrons. The highest BCUT2D eigenvalue weighted by atomic mass is 79.9. The van der Waals surface area contributed by atoms with Gasteiger partial charge in [-0.3, -0.25) is 4.79 Å². The molecule has 0 aliphatic heterocycles. The first kappa shape index (κ1) is 20.4. The van der Waals surface area contributed by atoms with E-state index in [1.807, 2.05) is 26.0 Å². The van der Waals surface area contributed by atoms with Crippen molar-refractivity contribution < 1.29 is 17.9 Å². The highest BCUT2D eigenvalue weighted by Gasteiger charge is 2.14. The second-order valence-electron chi connectivity index (χ2n) is 5.56. The SMILES string of the molecule is CCOc1ccc(S(=O)(=O)NCCC(=O)Nc2ccc(Br)c(C)c2)cc1. The number of hydrogen-bond donors (Lipinski definition) is 2. The molecule has 0 unspecified atom stereocenters. The largest absolute Gasteiger partial charge is 0.494 e. The fourth-order valence-corrected chi connectivity index (χ4v) is 3.49. The Morgan fingerprint density at radius 3 is 2.46 bits per heavy atom. The lowest BCUT2D eigenvalue weighted by atomic mass is 10.2. The highest BCUT2D eigenvalue weighted by molar-refractivity contribution is 9.10. The van der Waals surface area contributed by atoms with Crippen LogP contribution in [0.25, 0.3) is 0 Å². The van der Waals surface area contributed by atoms with E-state index in [4.69, 9.17) is 4.74 Å². The molecule has 0 heterocycles. The first-order chi connectivity index (χ1) is 12.3. The van der Waals surface area contributed by atoms with E-state index in [2.05, 4.69) is 26.0 Å². The minimum absolute atomic E-state index is 0.0108. The molecule has 1 amide bonds. The van der Waals surface area contributed by atoms with E-state index < -0.39 is 10.0 Å². The van der Waals surface area contributed by atoms with Crippen molar-refractivity contribution in [3.8, 4) is 5.75 Å². The Bertz CT molecular complexity index is 867. The lowest BCUT2D eigenvalue weighted by Crippen LogP contribution is -2.27. The number of ether oxygens (including phenoxy) is 1. The van der Waals surface area contributed by atoms with Crippen molar-refractivity contribution in [2.45, 2.75) is 25.2 Å². The van der Waals surface area contributed by atoms with Crippen LogP contribution in [0.15, 0.2) is 51.8 Å². The van der Waals surface area contributed by atoms with Crippen LogP contribution in [0.4, 0.5) is 5.69 Å². The van der Waals surface area contributed by atoms with E-state index >= 15 is 0 Å². The fraction of sp³-hybridized carbons (Fsp3) is 0.278. The molecule has 2 rings (SSSR count). The van der Waals surface area contributed by atoms with Gasteiger partial charge in [0.2, 0.25) is 15.9 Å². The van der Waals surface area contributed by atoms with Crippen LogP contribution in [0.3, 0.4) is 0 Å². The van der Waals surface area contributed by atoms with Crippen LogP contribution in [0.5, 0.6) is 5.75 Å². The molecule has 2 N–H and O–H groups in total. The molecule has 0 atom stereocenters. The average molecular weight is 441 g/mol. The predicted molar refractivity (Wildman–Crippen MR) is 105 cm³/mol. The summed E-state index contributed by atoms with van der Waals surface area (Å²) in [5, 5.41) is 2.75. The maximum atomic E-state index is 12.2. The van der Waals surface area contributed by atoms with Crippen LogP contribution in [-0.2, 0) is 14.8 Å². The maximum absolute atomic E-state index is 12.2. The number of hydrogen-bond acceptors (Lipinski definition) is 4. The first-order valence-corrected chi connectivity index (χ1v) is 10.4. The topological polar surface area (TPSA) is 84.5 Å². The number of amides is 1. The van der Waals surface area contributed by atoms with Gasteiger partial charge in [-0.1, -0.05) is 15.9 Å². The van der Waals surface area contributed by atoms with Crippen molar-refractivity contribution in [2.75, 3.05) is 18.5 Å². The Balaban J connectivity index is 1.87. The van der Waals surface area contributed by atoms with Crippen LogP contribution in [0.2, 0.25) is 0 Å². The average Bonchev–Trinajstić information content (AvgIpc) is 2.59. The van der Waals surface area contributed by atoms with Gasteiger partial charge < -0.3 is 10.1 Å². The highest BCUT2D eigenvalue weighted by Crippen LogP contribution is 2.20. The van der Waals surface area contributed by atoms with E-state index in [9.17, 15) is 13.2 Å². The van der Waals surface area contributed by atoms with Crippen molar-refractivity contribution in [1.29, 1.82) is 0 Å². The summed E-state index contributed by atoms with van der Waals surface area (Å²) < 4.78 is 33.1. The van der Waals surface area contributed by atoms with Crippen LogP contribution in [0.1, 0.15) is 18.9 Å². The van der Waals surface area contributed by atoms with Crippen LogP contribution >= 0.6 is 15.9 Å². The Labute approximate surface area is 162 Å². The van der Waals surface area contributed by atoms with Gasteiger partial charge in [-0.05, 0) is 61.9 Å². The van der Waals surface area contributed by atoms with Crippen molar-refractivity contribution in [1.82, 2.24) is 4.72 Å². The monoisotopic (exact) mass is 440 g/mol. The van der Waals surface area contributed by atoms with Gasteiger partial charge >= 0.3 is 0 Å². The summed E-state index contributed by atoms with van der Waals surface area (Å²) in [5.41, 5.74) is 1.67. The third-order valence-corrected chi connectivity index (χ3v) is 5.90. The van der Waals surface area contributed by atoms with Crippen molar-refractivity contribution in [2.24, 2.45) is 0 Å². The van der Waals surface area contributed by atoms with Gasteiger partial charge in [0.05, 0.1) is 11.5 Å². The van der Waals surface area contributed by atoms with E-state index in [1.165, 1.54) is 12.1 Å². The zero-order valence-corrected chi connectivity index (χ0v) is 17.0. The van der Waals surface area contributed by atoms with Crippen molar-refractivity contribution >= 4 is 37.5 Å². The van der Waals surface area contributed by atoms with Gasteiger partial charge in [0.1, 0.15) is 5.75 Å². The van der Waals surface area contributed by atoms with Crippen molar-refractivity contribution in [3.05, 3.63) is 52.5 Å². The molecular formula is C18H21BrN2O4S. The Morgan fingerprint density at radius 2 is 1.85 bits per heavy atom. The van der Waals surface area contributed by atoms with Gasteiger partial charge in [0.15, 0.2) is 0 Å². The van der Waals surface area contributed by atoms with Crippen LogP contribution < -0.4 is 14.8 Å². The number of carbonyl (C=O) groups excluding carboxylic acids is 1. The Hall–Kier alpha value is -1.90. The number of nitrogens with one attached hydrogen (secondary N) is 2. The molecule has 26 heavy (non-hydrogen) atoms. The number of carbonyl (C=O) groups is 1. The third kappa shape index (κ3) is 5.82. The molecule has 0 bridgehead atoms. The van der Waals surface area contributed by atoms with Gasteiger partial charge in [-0.25, -0.2) is 13.1 Å². The molecule has 2 aromatic rings. The van der Waals surface area contributed by atoms with Gasteiger partial charge in [0.25, 0.3) is 0 Å². The molecule has 8 heteroatoms. The van der Waals surface area contributed by atoms with E-state index in [0.717, 1.165) is 10.0 Å².